The van der Waals surface area contributed by atoms with Crippen LogP contribution >= 0.6 is 0 Å². The van der Waals surface area contributed by atoms with Crippen LogP contribution in [0.15, 0.2) is 0 Å². The highest BCUT2D eigenvalue weighted by Gasteiger charge is 2.29. The van der Waals surface area contributed by atoms with E-state index in [9.17, 15) is 9.59 Å². The van der Waals surface area contributed by atoms with Gasteiger partial charge in [0, 0.05) is 40.3 Å². The molecule has 110 valence electrons. The van der Waals surface area contributed by atoms with Crippen molar-refractivity contribution in [3.63, 3.8) is 0 Å². The lowest BCUT2D eigenvalue weighted by atomic mass is 9.97. The van der Waals surface area contributed by atoms with Crippen molar-refractivity contribution in [1.29, 1.82) is 0 Å². The summed E-state index contributed by atoms with van der Waals surface area (Å²) in [5.74, 6) is -0.0993. The number of urea groups is 1. The fraction of sp³-hybridized carbons (Fsp3) is 0.846. The Labute approximate surface area is 115 Å². The molecule has 0 radical (unpaired) electrons. The average Bonchev–Trinajstić information content (AvgIpc) is 2.38. The summed E-state index contributed by atoms with van der Waals surface area (Å²) < 4.78 is 5.00. The van der Waals surface area contributed by atoms with Gasteiger partial charge in [-0.15, -0.1) is 0 Å². The Kier molecular flexibility index (Phi) is 6.08. The number of carbonyl (C=O) groups is 2. The third kappa shape index (κ3) is 4.70. The smallest absolute Gasteiger partial charge is 0.319 e. The van der Waals surface area contributed by atoms with Crippen molar-refractivity contribution in [3.8, 4) is 0 Å². The lowest BCUT2D eigenvalue weighted by molar-refractivity contribution is -0.127. The quantitative estimate of drug-likeness (QED) is 0.811. The Hall–Kier alpha value is -1.30. The molecule has 6 nitrogen and oxygen atoms in total. The number of likely N-dealkylation sites (tertiary alicyclic amines) is 1. The van der Waals surface area contributed by atoms with Crippen LogP contribution in [0.5, 0.6) is 0 Å². The van der Waals surface area contributed by atoms with E-state index < -0.39 is 0 Å². The first-order valence-corrected chi connectivity index (χ1v) is 6.71. The minimum atomic E-state index is -0.114. The highest BCUT2D eigenvalue weighted by molar-refractivity contribution is 5.81. The molecule has 1 heterocycles. The van der Waals surface area contributed by atoms with Gasteiger partial charge in [-0.05, 0) is 19.8 Å². The minimum Gasteiger partial charge on any atom is -0.383 e. The van der Waals surface area contributed by atoms with Crippen molar-refractivity contribution >= 4 is 11.9 Å². The van der Waals surface area contributed by atoms with Crippen LogP contribution in [0.2, 0.25) is 0 Å². The van der Waals surface area contributed by atoms with Gasteiger partial charge in [0.25, 0.3) is 0 Å². The molecule has 0 aromatic heterocycles. The highest BCUT2D eigenvalue weighted by Crippen LogP contribution is 2.17. The molecule has 1 aliphatic heterocycles. The van der Waals surface area contributed by atoms with E-state index in [2.05, 4.69) is 5.32 Å². The molecule has 1 aliphatic rings. The van der Waals surface area contributed by atoms with E-state index in [1.54, 1.807) is 31.0 Å². The molecule has 3 amide bonds. The van der Waals surface area contributed by atoms with Gasteiger partial charge in [0.1, 0.15) is 0 Å². The molecule has 0 aliphatic carbocycles. The van der Waals surface area contributed by atoms with Gasteiger partial charge in [-0.2, -0.15) is 0 Å². The van der Waals surface area contributed by atoms with Crippen molar-refractivity contribution < 1.29 is 14.3 Å². The van der Waals surface area contributed by atoms with E-state index in [1.807, 2.05) is 6.92 Å². The minimum absolute atomic E-state index is 0.00238. The average molecular weight is 271 g/mol. The van der Waals surface area contributed by atoms with E-state index >= 15 is 0 Å². The van der Waals surface area contributed by atoms with E-state index in [-0.39, 0.29) is 23.9 Å². The Bertz CT molecular complexity index is 320. The topological polar surface area (TPSA) is 61.9 Å². The first kappa shape index (κ1) is 15.8. The number of carbonyl (C=O) groups excluding carboxylic acids is 2. The molecule has 0 bridgehead atoms. The Balaban J connectivity index is 2.50. The first-order valence-electron chi connectivity index (χ1n) is 6.71. The van der Waals surface area contributed by atoms with E-state index in [4.69, 9.17) is 4.74 Å². The Morgan fingerprint density at radius 2 is 2.16 bits per heavy atom. The fourth-order valence-electron chi connectivity index (χ4n) is 2.30. The van der Waals surface area contributed by atoms with Crippen LogP contribution in [0.1, 0.15) is 19.8 Å². The maximum atomic E-state index is 12.1. The molecule has 2 atom stereocenters. The molecule has 19 heavy (non-hydrogen) atoms. The number of amides is 3. The second-order valence-electron chi connectivity index (χ2n) is 5.33. The van der Waals surface area contributed by atoms with Crippen LogP contribution in [0, 0.1) is 5.92 Å². The molecule has 1 rings (SSSR count). The number of hydrogen-bond acceptors (Lipinski definition) is 3. The zero-order valence-electron chi connectivity index (χ0n) is 12.3. The summed E-state index contributed by atoms with van der Waals surface area (Å²) >= 11 is 0. The van der Waals surface area contributed by atoms with Gasteiger partial charge in [-0.1, -0.05) is 0 Å². The fourth-order valence-corrected chi connectivity index (χ4v) is 2.30. The number of ether oxygens (including phenoxy) is 1. The van der Waals surface area contributed by atoms with Crippen molar-refractivity contribution in [2.75, 3.05) is 40.9 Å². The van der Waals surface area contributed by atoms with Crippen LogP contribution in [0.25, 0.3) is 0 Å². The molecule has 1 saturated heterocycles. The van der Waals surface area contributed by atoms with Crippen molar-refractivity contribution in [3.05, 3.63) is 0 Å². The lowest BCUT2D eigenvalue weighted by Crippen LogP contribution is -2.50. The Morgan fingerprint density at radius 3 is 2.74 bits per heavy atom. The highest BCUT2D eigenvalue weighted by atomic mass is 16.5. The number of hydrogen-bond donors (Lipinski definition) is 1. The van der Waals surface area contributed by atoms with Gasteiger partial charge < -0.3 is 19.9 Å². The summed E-state index contributed by atoms with van der Waals surface area (Å²) in [7, 11) is 5.07. The van der Waals surface area contributed by atoms with Crippen molar-refractivity contribution in [2.45, 2.75) is 25.8 Å². The maximum Gasteiger partial charge on any atom is 0.319 e. The molecule has 1 N–H and O–H groups in total. The van der Waals surface area contributed by atoms with Crippen LogP contribution in [0.3, 0.4) is 0 Å². The number of nitrogens with one attached hydrogen (secondary N) is 1. The number of nitrogens with zero attached hydrogens (tertiary/aromatic N) is 2. The van der Waals surface area contributed by atoms with Crippen molar-refractivity contribution in [2.24, 2.45) is 5.92 Å². The zero-order chi connectivity index (χ0) is 14.4. The van der Waals surface area contributed by atoms with Crippen LogP contribution in [0.4, 0.5) is 4.79 Å². The summed E-state index contributed by atoms with van der Waals surface area (Å²) in [6.45, 7) is 3.64. The van der Waals surface area contributed by atoms with Crippen LogP contribution < -0.4 is 5.32 Å². The molecule has 0 spiro atoms. The van der Waals surface area contributed by atoms with Crippen molar-refractivity contribution in [1.82, 2.24) is 15.1 Å². The third-order valence-corrected chi connectivity index (χ3v) is 3.25. The molecule has 0 unspecified atom stereocenters. The molecule has 0 aromatic rings. The molecule has 0 aromatic carbocycles. The molecule has 0 saturated carbocycles. The second kappa shape index (κ2) is 7.33. The zero-order valence-corrected chi connectivity index (χ0v) is 12.3. The molecular weight excluding hydrogens is 246 g/mol. The predicted octanol–water partition coefficient (Wildman–Crippen LogP) is 0.531. The third-order valence-electron chi connectivity index (χ3n) is 3.25. The normalized spacial score (nSPS) is 20.8. The first-order chi connectivity index (χ1) is 8.95. The number of piperidine rings is 1. The lowest BCUT2D eigenvalue weighted by Gasteiger charge is -2.34. The van der Waals surface area contributed by atoms with Crippen LogP contribution in [-0.2, 0) is 9.53 Å². The SMILES string of the molecule is COC[C@H](C)NC(=O)[C@H]1CCCN(C(=O)N(C)C)C1. The Morgan fingerprint density at radius 1 is 1.47 bits per heavy atom. The molecule has 6 heteroatoms. The monoisotopic (exact) mass is 271 g/mol. The second-order valence-corrected chi connectivity index (χ2v) is 5.33. The standard InChI is InChI=1S/C13H25N3O3/c1-10(9-19-4)14-12(17)11-6-5-7-16(8-11)13(18)15(2)3/h10-11H,5-9H2,1-4H3,(H,14,17)/t10-,11-/m0/s1. The molecular formula is C13H25N3O3. The van der Waals surface area contributed by atoms with Gasteiger partial charge in [-0.3, -0.25) is 4.79 Å². The van der Waals surface area contributed by atoms with Gasteiger partial charge in [0.15, 0.2) is 0 Å². The largest absolute Gasteiger partial charge is 0.383 e. The number of rotatable bonds is 4. The predicted molar refractivity (Wildman–Crippen MR) is 72.9 cm³/mol. The van der Waals surface area contributed by atoms with E-state index in [0.717, 1.165) is 19.4 Å². The summed E-state index contributed by atoms with van der Waals surface area (Å²) in [6, 6.07) is -0.0279. The van der Waals surface area contributed by atoms with Gasteiger partial charge in [0.2, 0.25) is 5.91 Å². The van der Waals surface area contributed by atoms with E-state index in [0.29, 0.717) is 13.2 Å². The van der Waals surface area contributed by atoms with Crippen LogP contribution in [-0.4, -0.2) is 68.7 Å². The van der Waals surface area contributed by atoms with E-state index in [1.165, 1.54) is 0 Å². The van der Waals surface area contributed by atoms with Gasteiger partial charge in [0.05, 0.1) is 12.5 Å². The summed E-state index contributed by atoms with van der Waals surface area (Å²) in [5.41, 5.74) is 0. The summed E-state index contributed by atoms with van der Waals surface area (Å²) in [4.78, 5) is 27.3. The summed E-state index contributed by atoms with van der Waals surface area (Å²) in [6.07, 6.45) is 1.71. The summed E-state index contributed by atoms with van der Waals surface area (Å²) in [5, 5.41) is 2.92. The van der Waals surface area contributed by atoms with Gasteiger partial charge in [-0.25, -0.2) is 4.79 Å². The molecule has 1 fully saturated rings. The van der Waals surface area contributed by atoms with Gasteiger partial charge >= 0.3 is 6.03 Å². The maximum absolute atomic E-state index is 12.1. The number of methoxy groups -OCH3 is 1.